The lowest BCUT2D eigenvalue weighted by molar-refractivity contribution is -0.143. The van der Waals surface area contributed by atoms with E-state index in [1.807, 2.05) is 6.07 Å². The van der Waals surface area contributed by atoms with Crippen molar-refractivity contribution in [2.45, 2.75) is 33.4 Å². The van der Waals surface area contributed by atoms with Crippen LogP contribution in [0.25, 0.3) is 6.08 Å². The van der Waals surface area contributed by atoms with E-state index in [0.717, 1.165) is 5.56 Å². The maximum atomic E-state index is 14.3. The molecule has 0 radical (unpaired) electrons. The van der Waals surface area contributed by atoms with E-state index in [1.165, 1.54) is 30.1 Å². The number of benzene rings is 3. The summed E-state index contributed by atoms with van der Waals surface area (Å²) < 4.78 is 35.7. The fourth-order valence-electron chi connectivity index (χ4n) is 5.28. The molecule has 15 heteroatoms. The number of hydrogen-bond donors (Lipinski definition) is 0. The molecular formula is C36H33BrCl2N2O9S. The lowest BCUT2D eigenvalue weighted by Gasteiger charge is -2.25. The quantitative estimate of drug-likeness (QED) is 0.141. The molecule has 0 bridgehead atoms. The Hall–Kier alpha value is -4.30. The van der Waals surface area contributed by atoms with Crippen molar-refractivity contribution in [3.8, 4) is 23.0 Å². The molecule has 0 saturated carbocycles. The summed E-state index contributed by atoms with van der Waals surface area (Å²) in [5, 5.41) is 0.867. The van der Waals surface area contributed by atoms with Crippen LogP contribution in [0.4, 0.5) is 0 Å². The molecule has 1 aliphatic rings. The minimum absolute atomic E-state index is 0.126. The summed E-state index contributed by atoms with van der Waals surface area (Å²) in [7, 11) is 2.79. The first-order chi connectivity index (χ1) is 24.5. The van der Waals surface area contributed by atoms with Crippen molar-refractivity contribution in [3.63, 3.8) is 0 Å². The van der Waals surface area contributed by atoms with Crippen LogP contribution >= 0.6 is 50.5 Å². The highest BCUT2D eigenvalue weighted by Crippen LogP contribution is 2.39. The van der Waals surface area contributed by atoms with Gasteiger partial charge in [0.25, 0.3) is 5.56 Å². The van der Waals surface area contributed by atoms with Crippen molar-refractivity contribution in [1.29, 1.82) is 0 Å². The van der Waals surface area contributed by atoms with Crippen LogP contribution in [-0.4, -0.2) is 50.5 Å². The molecule has 1 aliphatic heterocycles. The molecule has 0 aliphatic carbocycles. The molecule has 5 rings (SSSR count). The first-order valence-corrected chi connectivity index (χ1v) is 18.0. The van der Waals surface area contributed by atoms with Crippen molar-refractivity contribution in [3.05, 3.63) is 111 Å². The number of hydrogen-bond acceptors (Lipinski definition) is 11. The molecule has 0 saturated heterocycles. The molecule has 0 N–H and O–H groups in total. The van der Waals surface area contributed by atoms with Crippen LogP contribution in [0.5, 0.6) is 23.0 Å². The van der Waals surface area contributed by atoms with Crippen molar-refractivity contribution >= 4 is 68.5 Å². The Morgan fingerprint density at radius 3 is 2.43 bits per heavy atom. The van der Waals surface area contributed by atoms with E-state index in [4.69, 9.17) is 46.9 Å². The van der Waals surface area contributed by atoms with Crippen LogP contribution in [0.3, 0.4) is 0 Å². The molecule has 3 aromatic carbocycles. The number of carbonyl (C=O) groups excluding carboxylic acids is 2. The smallest absolute Gasteiger partial charge is 0.343 e. The average Bonchev–Trinajstić information content (AvgIpc) is 3.41. The topological polar surface area (TPSA) is 124 Å². The van der Waals surface area contributed by atoms with Crippen LogP contribution in [0.1, 0.15) is 43.5 Å². The van der Waals surface area contributed by atoms with Gasteiger partial charge in [-0.15, -0.1) is 0 Å². The van der Waals surface area contributed by atoms with Gasteiger partial charge in [-0.3, -0.25) is 9.36 Å². The maximum Gasteiger partial charge on any atom is 0.343 e. The van der Waals surface area contributed by atoms with E-state index >= 15 is 0 Å². The molecule has 2 heterocycles. The summed E-state index contributed by atoms with van der Waals surface area (Å²) in [6, 6.07) is 12.9. The molecule has 0 spiro atoms. The molecule has 0 unspecified atom stereocenters. The Balaban J connectivity index is 1.58. The number of aromatic nitrogens is 1. The number of thiazole rings is 1. The fraction of sp³-hybridized carbons (Fsp3) is 0.278. The third kappa shape index (κ3) is 8.44. The van der Waals surface area contributed by atoms with Gasteiger partial charge in [0.05, 0.1) is 63.8 Å². The van der Waals surface area contributed by atoms with Crippen LogP contribution in [0.15, 0.2) is 74.1 Å². The monoisotopic (exact) mass is 818 g/mol. The molecule has 0 amide bonds. The fourth-order valence-corrected chi connectivity index (χ4v) is 7.23. The Labute approximate surface area is 315 Å². The molecule has 1 aromatic heterocycles. The SMILES string of the molecule is CCOC(=O)C1=C(C)N=c2s/c(=C\c3cc(Br)c(OCc4ccc(Cl)c(Cl)c4)c(OC)c3)c(=O)n2[C@@H]1c1ccc(OCC(=O)OC)c(OCC)c1. The highest BCUT2D eigenvalue weighted by atomic mass is 79.9. The third-order valence-corrected chi connectivity index (χ3v) is 9.90. The summed E-state index contributed by atoms with van der Waals surface area (Å²) >= 11 is 17.0. The second-order valence-electron chi connectivity index (χ2n) is 10.9. The zero-order valence-corrected chi connectivity index (χ0v) is 32.1. The van der Waals surface area contributed by atoms with Gasteiger partial charge in [0.1, 0.15) is 6.61 Å². The van der Waals surface area contributed by atoms with Crippen LogP contribution in [0, 0.1) is 0 Å². The zero-order chi connectivity index (χ0) is 36.8. The lowest BCUT2D eigenvalue weighted by Crippen LogP contribution is -2.40. The predicted octanol–water partition coefficient (Wildman–Crippen LogP) is 6.41. The maximum absolute atomic E-state index is 14.3. The number of ether oxygens (including phenoxy) is 6. The number of fused-ring (bicyclic) bond motifs is 1. The highest BCUT2D eigenvalue weighted by molar-refractivity contribution is 9.10. The second kappa shape index (κ2) is 16.8. The normalized spacial score (nSPS) is 14.0. The number of allylic oxidation sites excluding steroid dienone is 1. The van der Waals surface area contributed by atoms with E-state index in [9.17, 15) is 14.4 Å². The molecule has 268 valence electrons. The van der Waals surface area contributed by atoms with E-state index in [1.54, 1.807) is 69.3 Å². The summed E-state index contributed by atoms with van der Waals surface area (Å²) in [4.78, 5) is 44.4. The summed E-state index contributed by atoms with van der Waals surface area (Å²) in [5.41, 5.74) is 2.23. The molecular weight excluding hydrogens is 787 g/mol. The molecule has 11 nitrogen and oxygen atoms in total. The van der Waals surface area contributed by atoms with Gasteiger partial charge in [0.2, 0.25) is 0 Å². The van der Waals surface area contributed by atoms with Crippen molar-refractivity contribution < 1.29 is 38.0 Å². The van der Waals surface area contributed by atoms with Crippen molar-refractivity contribution in [2.75, 3.05) is 34.0 Å². The number of carbonyl (C=O) groups is 2. The Kier molecular flexibility index (Phi) is 12.5. The number of halogens is 3. The predicted molar refractivity (Wildman–Crippen MR) is 197 cm³/mol. The molecule has 0 fully saturated rings. The summed E-state index contributed by atoms with van der Waals surface area (Å²) in [5.74, 6) is 0.331. The van der Waals surface area contributed by atoms with Crippen LogP contribution in [0.2, 0.25) is 10.0 Å². The Morgan fingerprint density at radius 2 is 1.75 bits per heavy atom. The van der Waals surface area contributed by atoms with Gasteiger partial charge in [0, 0.05) is 0 Å². The van der Waals surface area contributed by atoms with Gasteiger partial charge in [-0.2, -0.15) is 0 Å². The highest BCUT2D eigenvalue weighted by Gasteiger charge is 2.34. The summed E-state index contributed by atoms with van der Waals surface area (Å²) in [6.45, 7) is 5.50. The second-order valence-corrected chi connectivity index (χ2v) is 13.6. The number of esters is 2. The first-order valence-electron chi connectivity index (χ1n) is 15.6. The Bertz CT molecular complexity index is 2200. The van der Waals surface area contributed by atoms with Crippen LogP contribution < -0.4 is 33.8 Å². The molecule has 1 atom stereocenters. The van der Waals surface area contributed by atoms with Crippen LogP contribution in [-0.2, 0) is 25.7 Å². The van der Waals surface area contributed by atoms with Crippen molar-refractivity contribution in [1.82, 2.24) is 4.57 Å². The van der Waals surface area contributed by atoms with E-state index in [0.29, 0.717) is 70.3 Å². The van der Waals surface area contributed by atoms with E-state index in [2.05, 4.69) is 25.7 Å². The first kappa shape index (κ1) is 37.9. The van der Waals surface area contributed by atoms with E-state index < -0.39 is 18.0 Å². The number of nitrogens with zero attached hydrogens (tertiary/aromatic N) is 2. The minimum atomic E-state index is -0.908. The number of methoxy groups -OCH3 is 2. The van der Waals surface area contributed by atoms with Gasteiger partial charge in [-0.1, -0.05) is 46.7 Å². The minimum Gasteiger partial charge on any atom is -0.493 e. The van der Waals surface area contributed by atoms with E-state index in [-0.39, 0.29) is 31.0 Å². The molecule has 4 aromatic rings. The summed E-state index contributed by atoms with van der Waals surface area (Å²) in [6.07, 6.45) is 1.72. The third-order valence-electron chi connectivity index (χ3n) is 7.59. The van der Waals surface area contributed by atoms with Crippen molar-refractivity contribution in [2.24, 2.45) is 4.99 Å². The zero-order valence-electron chi connectivity index (χ0n) is 28.2. The molecule has 51 heavy (non-hydrogen) atoms. The van der Waals surface area contributed by atoms with Gasteiger partial charge >= 0.3 is 11.9 Å². The number of rotatable bonds is 13. The van der Waals surface area contributed by atoms with Gasteiger partial charge in [-0.05, 0) is 95.9 Å². The van der Waals surface area contributed by atoms with Gasteiger partial charge in [0.15, 0.2) is 34.4 Å². The largest absolute Gasteiger partial charge is 0.493 e. The van der Waals surface area contributed by atoms with Gasteiger partial charge in [-0.25, -0.2) is 14.6 Å². The standard InChI is InChI=1S/C36H33BrCl2N2O9S/c1-6-47-27-16-22(9-11-26(27)49-18-30(42)46-5)32-31(35(44)48-7-2)19(3)40-36-41(32)34(43)29(51-36)15-21-12-23(37)33(28(14-21)45-4)50-17-20-8-10-24(38)25(39)13-20/h8-16,32H,6-7,17-18H2,1-5H3/b29-15-/t32-/m1/s1. The van der Waals surface area contributed by atoms with Gasteiger partial charge < -0.3 is 28.4 Å². The lowest BCUT2D eigenvalue weighted by atomic mass is 9.95. The Morgan fingerprint density at radius 1 is 0.961 bits per heavy atom. The average molecular weight is 821 g/mol.